The van der Waals surface area contributed by atoms with E-state index >= 15 is 0 Å². The predicted molar refractivity (Wildman–Crippen MR) is 127 cm³/mol. The van der Waals surface area contributed by atoms with Crippen molar-refractivity contribution < 1.29 is 16.8 Å². The molecule has 14 nitrogen and oxygen atoms in total. The fourth-order valence-corrected chi connectivity index (χ4v) is 6.98. The first-order valence-corrected chi connectivity index (χ1v) is 13.0. The number of nitrogens with one attached hydrogen (secondary N) is 3. The molecule has 0 bridgehead atoms. The van der Waals surface area contributed by atoms with Crippen molar-refractivity contribution in [2.75, 3.05) is 31.9 Å². The number of rotatable bonds is 6. The molecule has 182 valence electrons. The first-order valence-electron chi connectivity index (χ1n) is 10.00. The number of aromatic amines is 1. The minimum Gasteiger partial charge on any atom is -0.382 e. The number of primary sulfonamides is 1. The molecule has 0 aliphatic carbocycles. The SMILES string of the molecule is NN/N=C(\N)c1c(-c2cccc3nc(N)[nH]c23)ccc(S(=O)(=O)N2CCNCC2)c1S(N)(=O)=O. The molecule has 1 aliphatic heterocycles. The molecule has 1 fully saturated rings. The summed E-state index contributed by atoms with van der Waals surface area (Å²) in [5.74, 6) is 5.04. The molecule has 16 heteroatoms. The van der Waals surface area contributed by atoms with Gasteiger partial charge in [0.2, 0.25) is 20.0 Å². The van der Waals surface area contributed by atoms with E-state index in [4.69, 9.17) is 22.4 Å². The van der Waals surface area contributed by atoms with E-state index in [0.717, 1.165) is 0 Å². The Kier molecular flexibility index (Phi) is 6.19. The Morgan fingerprint density at radius 1 is 1.09 bits per heavy atom. The molecule has 0 radical (unpaired) electrons. The van der Waals surface area contributed by atoms with Crippen LogP contribution in [0.25, 0.3) is 22.2 Å². The summed E-state index contributed by atoms with van der Waals surface area (Å²) in [5.41, 5.74) is 15.3. The monoisotopic (exact) mass is 508 g/mol. The molecule has 1 aliphatic rings. The van der Waals surface area contributed by atoms with Crippen LogP contribution in [0.5, 0.6) is 0 Å². The second-order valence-corrected chi connectivity index (χ2v) is 10.9. The van der Waals surface area contributed by atoms with Gasteiger partial charge in [-0.3, -0.25) is 0 Å². The van der Waals surface area contributed by atoms with Gasteiger partial charge in [-0.05, 0) is 17.7 Å². The van der Waals surface area contributed by atoms with Gasteiger partial charge in [0.05, 0.1) is 11.0 Å². The normalized spacial score (nSPS) is 16.1. The number of hydrazone groups is 1. The Labute approximate surface area is 195 Å². The van der Waals surface area contributed by atoms with E-state index < -0.39 is 29.8 Å². The molecule has 0 saturated carbocycles. The zero-order valence-electron chi connectivity index (χ0n) is 17.8. The van der Waals surface area contributed by atoms with Crippen LogP contribution in [0.2, 0.25) is 0 Å². The number of nitrogen functional groups attached to an aromatic ring is 1. The molecule has 1 saturated heterocycles. The van der Waals surface area contributed by atoms with Gasteiger partial charge in [-0.2, -0.15) is 4.31 Å². The zero-order chi connectivity index (χ0) is 24.7. The molecule has 2 aromatic carbocycles. The lowest BCUT2D eigenvalue weighted by atomic mass is 9.97. The van der Waals surface area contributed by atoms with Crippen LogP contribution < -0.4 is 33.3 Å². The van der Waals surface area contributed by atoms with Gasteiger partial charge in [0.25, 0.3) is 0 Å². The van der Waals surface area contributed by atoms with Gasteiger partial charge >= 0.3 is 0 Å². The highest BCUT2D eigenvalue weighted by Gasteiger charge is 2.35. The molecule has 0 amide bonds. The van der Waals surface area contributed by atoms with E-state index in [1.807, 2.05) is 5.53 Å². The molecule has 4 rings (SSSR count). The second-order valence-electron chi connectivity index (χ2n) is 7.46. The van der Waals surface area contributed by atoms with E-state index in [9.17, 15) is 16.8 Å². The number of nitrogens with zero attached hydrogens (tertiary/aromatic N) is 3. The number of H-pyrrole nitrogens is 1. The van der Waals surface area contributed by atoms with Gasteiger partial charge in [0.15, 0.2) is 11.8 Å². The van der Waals surface area contributed by atoms with Crippen molar-refractivity contribution in [3.8, 4) is 11.1 Å². The highest BCUT2D eigenvalue weighted by Crippen LogP contribution is 2.37. The van der Waals surface area contributed by atoms with Gasteiger partial charge in [-0.1, -0.05) is 18.2 Å². The van der Waals surface area contributed by atoms with Crippen LogP contribution in [0, 0.1) is 0 Å². The lowest BCUT2D eigenvalue weighted by Crippen LogP contribution is -2.46. The number of para-hydroxylation sites is 1. The number of nitrogens with two attached hydrogens (primary N) is 4. The van der Waals surface area contributed by atoms with Gasteiger partial charge in [0, 0.05) is 37.3 Å². The summed E-state index contributed by atoms with van der Waals surface area (Å²) in [6, 6.07) is 7.67. The number of fused-ring (bicyclic) bond motifs is 1. The van der Waals surface area contributed by atoms with Crippen LogP contribution in [-0.2, 0) is 20.0 Å². The number of aromatic nitrogens is 2. The molecule has 0 unspecified atom stereocenters. The van der Waals surface area contributed by atoms with Crippen LogP contribution in [0.15, 0.2) is 45.2 Å². The topological polar surface area (TPSA) is 241 Å². The minimum absolute atomic E-state index is 0.138. The van der Waals surface area contributed by atoms with Crippen molar-refractivity contribution in [2.24, 2.45) is 21.8 Å². The molecule has 0 spiro atoms. The summed E-state index contributed by atoms with van der Waals surface area (Å²) in [5, 5.41) is 12.3. The second kappa shape index (κ2) is 8.82. The summed E-state index contributed by atoms with van der Waals surface area (Å²) in [6.07, 6.45) is 0. The average Bonchev–Trinajstić information content (AvgIpc) is 3.18. The maximum Gasteiger partial charge on any atom is 0.244 e. The number of hydrazine groups is 1. The van der Waals surface area contributed by atoms with E-state index in [1.54, 1.807) is 18.2 Å². The van der Waals surface area contributed by atoms with Crippen molar-refractivity contribution in [1.82, 2.24) is 25.1 Å². The Morgan fingerprint density at radius 2 is 1.79 bits per heavy atom. The third-order valence-corrected chi connectivity index (χ3v) is 8.43. The zero-order valence-corrected chi connectivity index (χ0v) is 19.4. The lowest BCUT2D eigenvalue weighted by molar-refractivity contribution is 0.359. The first-order chi connectivity index (χ1) is 16.1. The van der Waals surface area contributed by atoms with Crippen molar-refractivity contribution in [2.45, 2.75) is 9.79 Å². The third kappa shape index (κ3) is 4.17. The van der Waals surface area contributed by atoms with Crippen molar-refractivity contribution >= 4 is 42.9 Å². The smallest absolute Gasteiger partial charge is 0.244 e. The average molecular weight is 509 g/mol. The van der Waals surface area contributed by atoms with Gasteiger partial charge in [0.1, 0.15) is 9.79 Å². The van der Waals surface area contributed by atoms with Crippen molar-refractivity contribution in [1.29, 1.82) is 0 Å². The summed E-state index contributed by atoms with van der Waals surface area (Å²) in [6.45, 7) is 1.14. The number of piperazine rings is 1. The highest BCUT2D eigenvalue weighted by atomic mass is 32.2. The van der Waals surface area contributed by atoms with E-state index in [-0.39, 0.29) is 36.0 Å². The minimum atomic E-state index is -4.63. The first kappa shape index (κ1) is 23.9. The number of benzene rings is 2. The van der Waals surface area contributed by atoms with Crippen LogP contribution in [0.3, 0.4) is 0 Å². The highest BCUT2D eigenvalue weighted by molar-refractivity contribution is 7.92. The molecular formula is C18H24N10O4S2. The quantitative estimate of drug-likeness (QED) is 0.0847. The molecule has 2 heterocycles. The molecular weight excluding hydrogens is 484 g/mol. The fraction of sp³-hybridized carbons (Fsp3) is 0.222. The van der Waals surface area contributed by atoms with Crippen LogP contribution >= 0.6 is 0 Å². The molecule has 1 aromatic heterocycles. The van der Waals surface area contributed by atoms with Crippen LogP contribution in [-0.4, -0.2) is 63.1 Å². The number of amidine groups is 1. The third-order valence-electron chi connectivity index (χ3n) is 5.37. The van der Waals surface area contributed by atoms with Crippen LogP contribution in [0.1, 0.15) is 5.56 Å². The largest absolute Gasteiger partial charge is 0.382 e. The Morgan fingerprint density at radius 3 is 2.44 bits per heavy atom. The Balaban J connectivity index is 2.10. The number of hydrogen-bond acceptors (Lipinski definition) is 10. The lowest BCUT2D eigenvalue weighted by Gasteiger charge is -2.28. The van der Waals surface area contributed by atoms with E-state index in [0.29, 0.717) is 29.7 Å². The van der Waals surface area contributed by atoms with Gasteiger partial charge in [-0.25, -0.2) is 38.3 Å². The molecule has 0 atom stereocenters. The molecule has 34 heavy (non-hydrogen) atoms. The summed E-state index contributed by atoms with van der Waals surface area (Å²) < 4.78 is 53.8. The summed E-state index contributed by atoms with van der Waals surface area (Å²) >= 11 is 0. The molecule has 11 N–H and O–H groups in total. The number of anilines is 1. The summed E-state index contributed by atoms with van der Waals surface area (Å²) in [4.78, 5) is 5.88. The van der Waals surface area contributed by atoms with Crippen molar-refractivity contribution in [3.63, 3.8) is 0 Å². The van der Waals surface area contributed by atoms with Crippen LogP contribution in [0.4, 0.5) is 5.95 Å². The predicted octanol–water partition coefficient (Wildman–Crippen LogP) is -1.86. The number of sulfonamides is 2. The van der Waals surface area contributed by atoms with Gasteiger partial charge < -0.3 is 21.8 Å². The van der Waals surface area contributed by atoms with E-state index in [2.05, 4.69) is 20.4 Å². The Bertz CT molecular complexity index is 1490. The summed E-state index contributed by atoms with van der Waals surface area (Å²) in [7, 11) is -8.88. The Hall–Kier alpha value is -3.28. The van der Waals surface area contributed by atoms with Gasteiger partial charge in [-0.15, -0.1) is 5.10 Å². The van der Waals surface area contributed by atoms with Crippen molar-refractivity contribution in [3.05, 3.63) is 35.9 Å². The maximum atomic E-state index is 13.5. The number of hydrogen-bond donors (Lipinski definition) is 7. The molecule has 3 aromatic rings. The van der Waals surface area contributed by atoms with E-state index in [1.165, 1.54) is 16.4 Å². The number of imidazole rings is 1. The standard InChI is InChI=1S/C18H24N10O4S2/c19-17(26-27-21)14-10(11-2-1-3-12-15(11)25-18(20)24-12)4-5-13(16(14)33(22,29)30)34(31,32)28-8-6-23-7-9-28/h1-5,23,27H,6-9,21H2,(H2,19,26)(H3,20,24,25)(H2,22,29,30). The maximum absolute atomic E-state index is 13.5. The fourth-order valence-electron chi connectivity index (χ4n) is 3.95.